The molecule has 3 aromatic heterocycles. The van der Waals surface area contributed by atoms with E-state index in [1.54, 1.807) is 6.20 Å². The monoisotopic (exact) mass is 342 g/mol. The van der Waals surface area contributed by atoms with E-state index < -0.39 is 0 Å². The van der Waals surface area contributed by atoms with Crippen LogP contribution < -0.4 is 0 Å². The number of imidazole rings is 1. The van der Waals surface area contributed by atoms with Crippen LogP contribution in [0.25, 0.3) is 44.6 Å². The van der Waals surface area contributed by atoms with Crippen LogP contribution in [0.2, 0.25) is 0 Å². The quantitative estimate of drug-likeness (QED) is 0.451. The number of fused-ring (bicyclic) bond motifs is 4. The van der Waals surface area contributed by atoms with E-state index in [0.29, 0.717) is 5.71 Å². The molecule has 0 atom stereocenters. The van der Waals surface area contributed by atoms with Crippen molar-refractivity contribution < 1.29 is 4.42 Å². The van der Waals surface area contributed by atoms with Crippen LogP contribution in [-0.2, 0) is 6.54 Å². The molecule has 0 bridgehead atoms. The van der Waals surface area contributed by atoms with Gasteiger partial charge in [0, 0.05) is 12.7 Å². The Bertz CT molecular complexity index is 1300. The minimum Gasteiger partial charge on any atom is -0.435 e. The molecule has 3 heterocycles. The van der Waals surface area contributed by atoms with E-state index >= 15 is 0 Å². The first-order valence-corrected chi connectivity index (χ1v) is 8.78. The van der Waals surface area contributed by atoms with Crippen molar-refractivity contribution in [2.75, 3.05) is 0 Å². The second kappa shape index (κ2) is 5.39. The summed E-state index contributed by atoms with van der Waals surface area (Å²) < 4.78 is 8.39. The van der Waals surface area contributed by atoms with Gasteiger partial charge in [-0.05, 0) is 44.5 Å². The zero-order valence-corrected chi connectivity index (χ0v) is 14.9. The Balaban J connectivity index is 1.91. The maximum Gasteiger partial charge on any atom is 0.246 e. The number of aryl methyl sites for hydroxylation is 3. The fraction of sp³-hybridized carbons (Fsp3) is 0.190. The third-order valence-electron chi connectivity index (χ3n) is 4.87. The van der Waals surface area contributed by atoms with Crippen LogP contribution >= 0.6 is 0 Å². The van der Waals surface area contributed by atoms with E-state index in [0.717, 1.165) is 56.7 Å². The molecule has 5 heteroatoms. The van der Waals surface area contributed by atoms with Crippen LogP contribution in [0.3, 0.4) is 0 Å². The highest BCUT2D eigenvalue weighted by molar-refractivity contribution is 6.08. The summed E-state index contributed by atoms with van der Waals surface area (Å²) in [5.41, 5.74) is 7.25. The lowest BCUT2D eigenvalue weighted by Gasteiger charge is -2.07. The number of nitrogens with zero attached hydrogens (tertiary/aromatic N) is 4. The van der Waals surface area contributed by atoms with Crippen molar-refractivity contribution in [3.63, 3.8) is 0 Å². The largest absolute Gasteiger partial charge is 0.435 e. The minimum absolute atomic E-state index is 0.578. The van der Waals surface area contributed by atoms with Crippen LogP contribution in [0.4, 0.5) is 0 Å². The van der Waals surface area contributed by atoms with E-state index in [-0.39, 0.29) is 0 Å². The van der Waals surface area contributed by atoms with Gasteiger partial charge in [-0.2, -0.15) is 0 Å². The van der Waals surface area contributed by atoms with Crippen molar-refractivity contribution in [2.24, 2.45) is 0 Å². The maximum atomic E-state index is 6.17. The second-order valence-electron chi connectivity index (χ2n) is 6.57. The fourth-order valence-electron chi connectivity index (χ4n) is 3.65. The number of benzene rings is 2. The lowest BCUT2D eigenvalue weighted by atomic mass is 10.1. The average molecular weight is 342 g/mol. The molecule has 128 valence electrons. The van der Waals surface area contributed by atoms with Gasteiger partial charge in [-0.15, -0.1) is 0 Å². The molecule has 0 saturated heterocycles. The van der Waals surface area contributed by atoms with Gasteiger partial charge in [-0.25, -0.2) is 15.0 Å². The molecule has 0 aliphatic rings. The first-order chi connectivity index (χ1) is 12.7. The van der Waals surface area contributed by atoms with Crippen molar-refractivity contribution in [1.82, 2.24) is 19.5 Å². The number of rotatable bonds is 2. The average Bonchev–Trinajstić information content (AvgIpc) is 3.20. The SMILES string of the molecule is CCn1c(-c2ccc(C)c3c2oc2nc(C)cnc23)nc2ccccc21. The summed E-state index contributed by atoms with van der Waals surface area (Å²) in [6.07, 6.45) is 1.78. The summed E-state index contributed by atoms with van der Waals surface area (Å²) in [4.78, 5) is 14.0. The Labute approximate surface area is 150 Å². The van der Waals surface area contributed by atoms with Gasteiger partial charge in [0.1, 0.15) is 16.9 Å². The predicted octanol–water partition coefficient (Wildman–Crippen LogP) is 5.03. The first-order valence-electron chi connectivity index (χ1n) is 8.78. The number of aromatic nitrogens is 4. The summed E-state index contributed by atoms with van der Waals surface area (Å²) in [5.74, 6) is 0.912. The van der Waals surface area contributed by atoms with Crippen molar-refractivity contribution >= 4 is 33.2 Å². The van der Waals surface area contributed by atoms with Crippen LogP contribution in [0, 0.1) is 13.8 Å². The molecule has 2 aromatic carbocycles. The molecule has 0 amide bonds. The molecule has 5 aromatic rings. The Morgan fingerprint density at radius 3 is 2.73 bits per heavy atom. The molecule has 26 heavy (non-hydrogen) atoms. The van der Waals surface area contributed by atoms with E-state index in [4.69, 9.17) is 9.40 Å². The third-order valence-corrected chi connectivity index (χ3v) is 4.87. The molecule has 5 rings (SSSR count). The van der Waals surface area contributed by atoms with Gasteiger partial charge in [0.25, 0.3) is 0 Å². The third kappa shape index (κ3) is 2.00. The van der Waals surface area contributed by atoms with Crippen LogP contribution in [0.15, 0.2) is 47.0 Å². The lowest BCUT2D eigenvalue weighted by Crippen LogP contribution is -1.97. The van der Waals surface area contributed by atoms with E-state index in [2.05, 4.69) is 46.6 Å². The van der Waals surface area contributed by atoms with Gasteiger partial charge in [-0.3, -0.25) is 0 Å². The maximum absolute atomic E-state index is 6.17. The summed E-state index contributed by atoms with van der Waals surface area (Å²) in [6.45, 7) is 6.96. The molecule has 0 fully saturated rings. The van der Waals surface area contributed by atoms with Gasteiger partial charge >= 0.3 is 0 Å². The van der Waals surface area contributed by atoms with E-state index in [1.807, 2.05) is 25.1 Å². The highest BCUT2D eigenvalue weighted by Crippen LogP contribution is 2.37. The summed E-state index contributed by atoms with van der Waals surface area (Å²) >= 11 is 0. The number of para-hydroxylation sites is 2. The molecule has 0 saturated carbocycles. The molecule has 0 unspecified atom stereocenters. The number of furan rings is 1. The Morgan fingerprint density at radius 1 is 1.04 bits per heavy atom. The summed E-state index contributed by atoms with van der Waals surface area (Å²) in [5, 5.41) is 1.01. The smallest absolute Gasteiger partial charge is 0.246 e. The van der Waals surface area contributed by atoms with Gasteiger partial charge in [0.05, 0.1) is 27.7 Å². The highest BCUT2D eigenvalue weighted by atomic mass is 16.3. The first kappa shape index (κ1) is 15.1. The predicted molar refractivity (Wildman–Crippen MR) is 103 cm³/mol. The van der Waals surface area contributed by atoms with Crippen molar-refractivity contribution in [3.8, 4) is 11.4 Å². The van der Waals surface area contributed by atoms with Gasteiger partial charge in [0.2, 0.25) is 5.71 Å². The van der Waals surface area contributed by atoms with E-state index in [9.17, 15) is 0 Å². The summed E-state index contributed by atoms with van der Waals surface area (Å²) in [7, 11) is 0. The molecule has 0 radical (unpaired) electrons. The van der Waals surface area contributed by atoms with Gasteiger partial charge in [0.15, 0.2) is 0 Å². The molecular weight excluding hydrogens is 324 g/mol. The zero-order chi connectivity index (χ0) is 17.8. The van der Waals surface area contributed by atoms with Gasteiger partial charge < -0.3 is 8.98 Å². The molecular formula is C21H18N4O. The molecule has 0 spiro atoms. The molecule has 5 nitrogen and oxygen atoms in total. The summed E-state index contributed by atoms with van der Waals surface area (Å²) in [6, 6.07) is 12.4. The standard InChI is InChI=1S/C21H18N4O/c1-4-25-16-8-6-5-7-15(16)24-20(25)14-10-9-12(2)17-18-21(26-19(14)17)23-13(3)11-22-18/h5-11H,4H2,1-3H3. The normalized spacial score (nSPS) is 11.8. The van der Waals surface area contributed by atoms with Gasteiger partial charge in [-0.1, -0.05) is 18.2 Å². The van der Waals surface area contributed by atoms with Crippen LogP contribution in [0.1, 0.15) is 18.2 Å². The Morgan fingerprint density at radius 2 is 1.88 bits per heavy atom. The Kier molecular flexibility index (Phi) is 3.13. The lowest BCUT2D eigenvalue weighted by molar-refractivity contribution is 0.651. The molecule has 0 aliphatic heterocycles. The van der Waals surface area contributed by atoms with Crippen molar-refractivity contribution in [2.45, 2.75) is 27.3 Å². The van der Waals surface area contributed by atoms with Crippen LogP contribution in [0.5, 0.6) is 0 Å². The zero-order valence-electron chi connectivity index (χ0n) is 14.9. The van der Waals surface area contributed by atoms with Crippen LogP contribution in [-0.4, -0.2) is 19.5 Å². The van der Waals surface area contributed by atoms with Crippen molar-refractivity contribution in [1.29, 1.82) is 0 Å². The Hall–Kier alpha value is -3.21. The molecule has 0 N–H and O–H groups in total. The molecule has 0 aliphatic carbocycles. The highest BCUT2D eigenvalue weighted by Gasteiger charge is 2.20. The second-order valence-corrected chi connectivity index (χ2v) is 6.57. The topological polar surface area (TPSA) is 56.7 Å². The minimum atomic E-state index is 0.578. The number of hydrogen-bond donors (Lipinski definition) is 0. The van der Waals surface area contributed by atoms with Crippen molar-refractivity contribution in [3.05, 3.63) is 53.9 Å². The fourth-order valence-corrected chi connectivity index (χ4v) is 3.65. The number of hydrogen-bond acceptors (Lipinski definition) is 4. The van der Waals surface area contributed by atoms with E-state index in [1.165, 1.54) is 0 Å².